The van der Waals surface area contributed by atoms with Gasteiger partial charge >= 0.3 is 0 Å². The summed E-state index contributed by atoms with van der Waals surface area (Å²) in [5, 5.41) is 3.45. The van der Waals surface area contributed by atoms with Crippen LogP contribution in [0.5, 0.6) is 0 Å². The lowest BCUT2D eigenvalue weighted by molar-refractivity contribution is 0.0338. The first-order chi connectivity index (χ1) is 6.53. The van der Waals surface area contributed by atoms with Gasteiger partial charge in [0.2, 0.25) is 0 Å². The van der Waals surface area contributed by atoms with Gasteiger partial charge in [-0.15, -0.1) is 0 Å². The third-order valence-electron chi connectivity index (χ3n) is 2.97. The fraction of sp³-hybridized carbons (Fsp3) is 1.00. The van der Waals surface area contributed by atoms with E-state index in [1.807, 2.05) is 0 Å². The van der Waals surface area contributed by atoms with Crippen LogP contribution in [0.15, 0.2) is 0 Å². The minimum atomic E-state index is 0.408. The molecule has 1 aliphatic rings. The fourth-order valence-corrected chi connectivity index (χ4v) is 2.25. The van der Waals surface area contributed by atoms with E-state index in [-0.39, 0.29) is 0 Å². The van der Waals surface area contributed by atoms with Gasteiger partial charge < -0.3 is 10.1 Å². The van der Waals surface area contributed by atoms with E-state index < -0.39 is 0 Å². The zero-order chi connectivity index (χ0) is 10.6. The molecule has 0 aromatic carbocycles. The average molecular weight is 199 g/mol. The maximum atomic E-state index is 5.54. The Morgan fingerprint density at radius 3 is 2.57 bits per heavy atom. The summed E-state index contributed by atoms with van der Waals surface area (Å²) in [7, 11) is 2.07. The van der Waals surface area contributed by atoms with Gasteiger partial charge in [0.05, 0.1) is 6.61 Å². The molecular formula is C12H25NO. The predicted octanol–water partition coefficient (Wildman–Crippen LogP) is 2.44. The minimum absolute atomic E-state index is 0.408. The normalized spacial score (nSPS) is 26.1. The van der Waals surface area contributed by atoms with E-state index >= 15 is 0 Å². The Bertz CT molecular complexity index is 156. The summed E-state index contributed by atoms with van der Waals surface area (Å²) in [4.78, 5) is 0. The Kier molecular flexibility index (Phi) is 4.39. The molecule has 14 heavy (non-hydrogen) atoms. The first-order valence-electron chi connectivity index (χ1n) is 5.78. The van der Waals surface area contributed by atoms with Crippen LogP contribution in [-0.4, -0.2) is 26.3 Å². The topological polar surface area (TPSA) is 21.3 Å². The van der Waals surface area contributed by atoms with Crippen LogP contribution >= 0.6 is 0 Å². The number of hydrogen-bond donors (Lipinski definition) is 1. The van der Waals surface area contributed by atoms with Gasteiger partial charge in [-0.2, -0.15) is 0 Å². The van der Waals surface area contributed by atoms with Crippen molar-refractivity contribution < 1.29 is 4.74 Å². The Morgan fingerprint density at radius 1 is 1.43 bits per heavy atom. The second-order valence-electron chi connectivity index (χ2n) is 5.64. The molecule has 1 aliphatic heterocycles. The zero-order valence-corrected chi connectivity index (χ0v) is 10.1. The van der Waals surface area contributed by atoms with Gasteiger partial charge in [0, 0.05) is 12.6 Å². The fourth-order valence-electron chi connectivity index (χ4n) is 2.25. The quantitative estimate of drug-likeness (QED) is 0.754. The minimum Gasteiger partial charge on any atom is -0.381 e. The van der Waals surface area contributed by atoms with Crippen LogP contribution in [0.4, 0.5) is 0 Å². The van der Waals surface area contributed by atoms with Gasteiger partial charge in [-0.1, -0.05) is 20.8 Å². The van der Waals surface area contributed by atoms with Crippen LogP contribution < -0.4 is 5.32 Å². The summed E-state index contributed by atoms with van der Waals surface area (Å²) in [6, 6.07) is 0.621. The van der Waals surface area contributed by atoms with Crippen molar-refractivity contribution in [3.05, 3.63) is 0 Å². The molecule has 1 rings (SSSR count). The van der Waals surface area contributed by atoms with E-state index in [4.69, 9.17) is 4.74 Å². The monoisotopic (exact) mass is 199 g/mol. The van der Waals surface area contributed by atoms with Crippen LogP contribution in [0, 0.1) is 11.3 Å². The summed E-state index contributed by atoms with van der Waals surface area (Å²) in [5.74, 6) is 0.716. The molecule has 1 saturated heterocycles. The van der Waals surface area contributed by atoms with E-state index in [2.05, 4.69) is 33.1 Å². The highest BCUT2D eigenvalue weighted by Gasteiger charge is 2.26. The van der Waals surface area contributed by atoms with Crippen molar-refractivity contribution in [3.8, 4) is 0 Å². The molecular weight excluding hydrogens is 174 g/mol. The van der Waals surface area contributed by atoms with Crippen LogP contribution in [-0.2, 0) is 4.74 Å². The molecule has 0 aromatic rings. The zero-order valence-electron chi connectivity index (χ0n) is 10.1. The third-order valence-corrected chi connectivity index (χ3v) is 2.97. The van der Waals surface area contributed by atoms with Gasteiger partial charge in [-0.05, 0) is 37.6 Å². The predicted molar refractivity (Wildman–Crippen MR) is 60.5 cm³/mol. The summed E-state index contributed by atoms with van der Waals surface area (Å²) < 4.78 is 5.54. The summed E-state index contributed by atoms with van der Waals surface area (Å²) >= 11 is 0. The lowest BCUT2D eigenvalue weighted by atomic mass is 9.81. The van der Waals surface area contributed by atoms with Crippen molar-refractivity contribution in [3.63, 3.8) is 0 Å². The van der Waals surface area contributed by atoms with E-state index in [0.29, 0.717) is 17.4 Å². The first kappa shape index (κ1) is 12.0. The highest BCUT2D eigenvalue weighted by Crippen LogP contribution is 2.27. The highest BCUT2D eigenvalue weighted by molar-refractivity contribution is 4.81. The van der Waals surface area contributed by atoms with Crippen LogP contribution in [0.3, 0.4) is 0 Å². The standard InChI is InChI=1S/C12H25NO/c1-12(2,3)8-11(13-4)10-6-5-7-14-9-10/h10-11,13H,5-9H2,1-4H3. The second kappa shape index (κ2) is 5.13. The molecule has 2 unspecified atom stereocenters. The molecule has 2 atom stereocenters. The number of hydrogen-bond acceptors (Lipinski definition) is 2. The van der Waals surface area contributed by atoms with E-state index in [1.165, 1.54) is 19.3 Å². The molecule has 0 amide bonds. The van der Waals surface area contributed by atoms with Crippen molar-refractivity contribution in [1.82, 2.24) is 5.32 Å². The molecule has 1 fully saturated rings. The van der Waals surface area contributed by atoms with E-state index in [0.717, 1.165) is 13.2 Å². The Hall–Kier alpha value is -0.0800. The maximum absolute atomic E-state index is 5.54. The van der Waals surface area contributed by atoms with Crippen molar-refractivity contribution in [2.75, 3.05) is 20.3 Å². The van der Waals surface area contributed by atoms with Crippen molar-refractivity contribution in [2.24, 2.45) is 11.3 Å². The van der Waals surface area contributed by atoms with Crippen molar-refractivity contribution in [2.45, 2.75) is 46.1 Å². The molecule has 0 aliphatic carbocycles. The largest absolute Gasteiger partial charge is 0.381 e. The Morgan fingerprint density at radius 2 is 2.14 bits per heavy atom. The summed E-state index contributed by atoms with van der Waals surface area (Å²) in [6.45, 7) is 8.83. The third kappa shape index (κ3) is 3.97. The smallest absolute Gasteiger partial charge is 0.0509 e. The first-order valence-corrected chi connectivity index (χ1v) is 5.78. The molecule has 0 bridgehead atoms. The molecule has 0 aromatic heterocycles. The van der Waals surface area contributed by atoms with Gasteiger partial charge in [0.1, 0.15) is 0 Å². The second-order valence-corrected chi connectivity index (χ2v) is 5.64. The van der Waals surface area contributed by atoms with Crippen molar-refractivity contribution in [1.29, 1.82) is 0 Å². The van der Waals surface area contributed by atoms with Gasteiger partial charge in [0.15, 0.2) is 0 Å². The Labute approximate surface area is 88.4 Å². The lowest BCUT2D eigenvalue weighted by Crippen LogP contribution is -2.40. The SMILES string of the molecule is CNC(CC(C)(C)C)C1CCCOC1. The summed E-state index contributed by atoms with van der Waals surface area (Å²) in [6.07, 6.45) is 3.78. The molecule has 0 spiro atoms. The molecule has 2 heteroatoms. The van der Waals surface area contributed by atoms with Crippen molar-refractivity contribution >= 4 is 0 Å². The Balaban J connectivity index is 2.43. The molecule has 1 N–H and O–H groups in total. The van der Waals surface area contributed by atoms with Gasteiger partial charge in [-0.25, -0.2) is 0 Å². The number of rotatable bonds is 3. The molecule has 0 saturated carbocycles. The van der Waals surface area contributed by atoms with E-state index in [9.17, 15) is 0 Å². The molecule has 1 heterocycles. The van der Waals surface area contributed by atoms with Gasteiger partial charge in [0.25, 0.3) is 0 Å². The number of ether oxygens (including phenoxy) is 1. The molecule has 84 valence electrons. The molecule has 2 nitrogen and oxygen atoms in total. The molecule has 0 radical (unpaired) electrons. The summed E-state index contributed by atoms with van der Waals surface area (Å²) in [5.41, 5.74) is 0.408. The van der Waals surface area contributed by atoms with Gasteiger partial charge in [-0.3, -0.25) is 0 Å². The van der Waals surface area contributed by atoms with Crippen LogP contribution in [0.25, 0.3) is 0 Å². The highest BCUT2D eigenvalue weighted by atomic mass is 16.5. The van der Waals surface area contributed by atoms with Crippen LogP contribution in [0.1, 0.15) is 40.0 Å². The number of nitrogens with one attached hydrogen (secondary N) is 1. The van der Waals surface area contributed by atoms with E-state index in [1.54, 1.807) is 0 Å². The van der Waals surface area contributed by atoms with Crippen LogP contribution in [0.2, 0.25) is 0 Å². The maximum Gasteiger partial charge on any atom is 0.0509 e. The lowest BCUT2D eigenvalue weighted by Gasteiger charge is -2.34. The average Bonchev–Trinajstić information content (AvgIpc) is 2.14.